The lowest BCUT2D eigenvalue weighted by molar-refractivity contribution is -0.136. The van der Waals surface area contributed by atoms with Gasteiger partial charge in [0.25, 0.3) is 17.4 Å². The number of rotatable bonds is 18. The standard InChI is InChI=1S/C41H40N6O6.C28H32N4O2/c1-23-6-7-27(37-25(3)44-53-26(37)4)18-35(23)46(29-10-8-28(9-11-29)41(42-5)16-17-41)20-24(2)52-31-21-45(22-31)30-12-13-32-33(19-30)40(51)47(39(32)50)34-14-15-36(48)43-38(34)49;1-18-5-6-22(27-20(3)31-34-21(27)4)13-26(18)32(16-19(2)33-25-14-30-15-25)24-9-7-23(8-10-24)28(17-29)11-12-28/h6-13,18-19,24,31,34H,14-17,20-22H2,1-4H3,(H,43,48,49);5-10,13,19,25,30H,11-12,14-16H2,1-4H3. The monoisotopic (exact) mass is 1170 g/mol. The van der Waals surface area contributed by atoms with Crippen LogP contribution in [0.25, 0.3) is 27.1 Å². The molecule has 2 aliphatic carbocycles. The van der Waals surface area contributed by atoms with E-state index in [1.165, 1.54) is 5.56 Å². The van der Waals surface area contributed by atoms with Gasteiger partial charge in [-0.3, -0.25) is 29.4 Å². The fourth-order valence-electron chi connectivity index (χ4n) is 12.7. The van der Waals surface area contributed by atoms with Gasteiger partial charge in [0.1, 0.15) is 17.6 Å². The Hall–Kier alpha value is -8.94. The molecule has 446 valence electrons. The molecule has 18 nitrogen and oxygen atoms in total. The first-order valence-electron chi connectivity index (χ1n) is 30.1. The van der Waals surface area contributed by atoms with Gasteiger partial charge in [-0.1, -0.05) is 46.7 Å². The molecule has 2 aromatic heterocycles. The second-order valence-electron chi connectivity index (χ2n) is 24.4. The highest BCUT2D eigenvalue weighted by Gasteiger charge is 2.52. The number of imide groups is 2. The molecule has 6 heterocycles. The van der Waals surface area contributed by atoms with Crippen LogP contribution in [0, 0.1) is 59.4 Å². The Kier molecular flexibility index (Phi) is 15.7. The number of aromatic nitrogens is 2. The molecular weight excluding hydrogens is 1100 g/mol. The molecule has 2 N–H and O–H groups in total. The summed E-state index contributed by atoms with van der Waals surface area (Å²) in [6.45, 7) is 28.3. The first kappa shape index (κ1) is 58.4. The number of nitrogens with zero attached hydrogens (tertiary/aromatic N) is 8. The van der Waals surface area contributed by atoms with Crippen molar-refractivity contribution < 1.29 is 37.7 Å². The molecule has 3 unspecified atom stereocenters. The second-order valence-corrected chi connectivity index (χ2v) is 24.4. The Bertz CT molecular complexity index is 3870. The Morgan fingerprint density at radius 3 is 1.68 bits per heavy atom. The van der Waals surface area contributed by atoms with Crippen molar-refractivity contribution in [3.8, 4) is 28.3 Å². The van der Waals surface area contributed by atoms with Gasteiger partial charge in [0.05, 0.1) is 58.4 Å². The SMILES string of the molecule is Cc1ccc(-c2c(C)noc2C)cc1N(CC(C)OC1CNC1)c1ccc(C2(C#N)CC2)cc1.[C-]#[N+]C1(c2ccc(N(CC(C)OC3CN(c4ccc5c(c4)C(=O)N(C4CCC(=O)NC4=O)C5=O)C3)c3cc(-c4c(C)noc4C)ccc3C)cc2)CC1. The Morgan fingerprint density at radius 2 is 1.22 bits per heavy atom. The van der Waals surface area contributed by atoms with E-state index in [2.05, 4.69) is 159 Å². The molecule has 2 saturated carbocycles. The summed E-state index contributed by atoms with van der Waals surface area (Å²) in [6.07, 6.45) is 3.99. The van der Waals surface area contributed by atoms with Crippen molar-refractivity contribution in [2.24, 2.45) is 0 Å². The third kappa shape index (κ3) is 11.4. The van der Waals surface area contributed by atoms with Gasteiger partial charge in [0, 0.05) is 104 Å². The van der Waals surface area contributed by atoms with Gasteiger partial charge in [0.2, 0.25) is 11.8 Å². The Morgan fingerprint density at radius 1 is 0.690 bits per heavy atom. The van der Waals surface area contributed by atoms with Crippen LogP contribution in [0.4, 0.5) is 28.4 Å². The molecule has 3 atom stereocenters. The number of benzene rings is 5. The Balaban J connectivity index is 0.000000187. The lowest BCUT2D eigenvalue weighted by atomic mass is 9.97. The maximum Gasteiger partial charge on any atom is 0.262 e. The zero-order valence-electron chi connectivity index (χ0n) is 50.5. The summed E-state index contributed by atoms with van der Waals surface area (Å²) in [5, 5.41) is 23.4. The zero-order valence-corrected chi connectivity index (χ0v) is 50.5. The van der Waals surface area contributed by atoms with Crippen LogP contribution in [0.15, 0.2) is 112 Å². The number of ether oxygens (including phenoxy) is 2. The van der Waals surface area contributed by atoms with Crippen LogP contribution in [-0.2, 0) is 30.0 Å². The average molecular weight is 1170 g/mol. The maximum absolute atomic E-state index is 13.4. The minimum atomic E-state index is -1.000. The molecule has 5 fully saturated rings. The predicted molar refractivity (Wildman–Crippen MR) is 330 cm³/mol. The molecule has 18 heteroatoms. The largest absolute Gasteiger partial charge is 0.371 e. The first-order valence-corrected chi connectivity index (χ1v) is 30.1. The van der Waals surface area contributed by atoms with Gasteiger partial charge in [-0.15, -0.1) is 0 Å². The van der Waals surface area contributed by atoms with Crippen LogP contribution in [0.5, 0.6) is 0 Å². The highest BCUT2D eigenvalue weighted by Crippen LogP contribution is 2.51. The molecule has 13 rings (SSSR count). The summed E-state index contributed by atoms with van der Waals surface area (Å²) in [4.78, 5) is 62.2. The van der Waals surface area contributed by atoms with E-state index < -0.39 is 29.7 Å². The van der Waals surface area contributed by atoms with E-state index in [4.69, 9.17) is 25.1 Å². The maximum atomic E-state index is 13.4. The number of aryl methyl sites for hydroxylation is 6. The number of piperidine rings is 1. The molecular formula is C69H72N10O8. The summed E-state index contributed by atoms with van der Waals surface area (Å²) in [5.41, 5.74) is 15.2. The van der Waals surface area contributed by atoms with Crippen LogP contribution in [0.2, 0.25) is 0 Å². The summed E-state index contributed by atoms with van der Waals surface area (Å²) in [5.74, 6) is -0.486. The molecule has 3 saturated heterocycles. The van der Waals surface area contributed by atoms with Gasteiger partial charge >= 0.3 is 0 Å². The minimum absolute atomic E-state index is 0.0529. The number of hydrogen-bond donors (Lipinski definition) is 2. The number of fused-ring (bicyclic) bond motifs is 1. The van der Waals surface area contributed by atoms with Crippen LogP contribution in [-0.4, -0.2) is 109 Å². The molecule has 4 amide bonds. The quantitative estimate of drug-likeness (QED) is 0.0606. The first-order chi connectivity index (χ1) is 41.9. The van der Waals surface area contributed by atoms with E-state index in [0.717, 1.165) is 141 Å². The number of amides is 4. The molecule has 6 aliphatic rings. The summed E-state index contributed by atoms with van der Waals surface area (Å²) >= 11 is 0. The summed E-state index contributed by atoms with van der Waals surface area (Å²) < 4.78 is 23.8. The van der Waals surface area contributed by atoms with Crippen molar-refractivity contribution in [1.29, 1.82) is 5.26 Å². The number of carbonyl (C=O) groups is 4. The topological polar surface area (TPSA) is 204 Å². The van der Waals surface area contributed by atoms with Gasteiger partial charge in [-0.05, 0) is 169 Å². The van der Waals surface area contributed by atoms with Gasteiger partial charge in [0.15, 0.2) is 0 Å². The van der Waals surface area contributed by atoms with Crippen molar-refractivity contribution in [3.63, 3.8) is 0 Å². The molecule has 87 heavy (non-hydrogen) atoms. The molecule has 0 radical (unpaired) electrons. The van der Waals surface area contributed by atoms with E-state index in [9.17, 15) is 24.4 Å². The van der Waals surface area contributed by atoms with Crippen molar-refractivity contribution in [2.75, 3.05) is 54.0 Å². The van der Waals surface area contributed by atoms with Gasteiger partial charge < -0.3 is 43.4 Å². The van der Waals surface area contributed by atoms with E-state index in [1.807, 2.05) is 33.8 Å². The van der Waals surface area contributed by atoms with Crippen molar-refractivity contribution in [2.45, 2.75) is 135 Å². The van der Waals surface area contributed by atoms with Crippen LogP contribution in [0.1, 0.15) is 118 Å². The third-order valence-electron chi connectivity index (χ3n) is 18.1. The van der Waals surface area contributed by atoms with Gasteiger partial charge in [-0.25, -0.2) is 6.57 Å². The van der Waals surface area contributed by atoms with Crippen molar-refractivity contribution in [3.05, 3.63) is 171 Å². The third-order valence-corrected chi connectivity index (χ3v) is 18.1. The summed E-state index contributed by atoms with van der Waals surface area (Å²) in [7, 11) is 0. The molecule has 7 aromatic rings. The molecule has 4 aliphatic heterocycles. The lowest BCUT2D eigenvalue weighted by Crippen LogP contribution is -2.54. The fourth-order valence-corrected chi connectivity index (χ4v) is 12.7. The summed E-state index contributed by atoms with van der Waals surface area (Å²) in [6, 6.07) is 36.5. The lowest BCUT2D eigenvalue weighted by Gasteiger charge is -2.42. The minimum Gasteiger partial charge on any atom is -0.371 e. The van der Waals surface area contributed by atoms with Crippen LogP contribution < -0.4 is 25.3 Å². The van der Waals surface area contributed by atoms with Crippen LogP contribution in [0.3, 0.4) is 0 Å². The number of anilines is 5. The average Bonchev–Trinajstić information content (AvgIpc) is 3.21. The van der Waals surface area contributed by atoms with E-state index in [0.29, 0.717) is 19.6 Å². The molecule has 0 bridgehead atoms. The van der Waals surface area contributed by atoms with E-state index in [1.54, 1.807) is 12.1 Å². The Labute approximate surface area is 507 Å². The van der Waals surface area contributed by atoms with Crippen molar-refractivity contribution >= 4 is 52.1 Å². The number of carbonyl (C=O) groups excluding carboxylic acids is 4. The van der Waals surface area contributed by atoms with Crippen LogP contribution >= 0.6 is 0 Å². The highest BCUT2D eigenvalue weighted by atomic mass is 16.5. The van der Waals surface area contributed by atoms with E-state index >= 15 is 0 Å². The van der Waals surface area contributed by atoms with E-state index in [-0.39, 0.29) is 59.3 Å². The second kappa shape index (κ2) is 23.4. The van der Waals surface area contributed by atoms with Crippen molar-refractivity contribution in [1.82, 2.24) is 25.8 Å². The smallest absolute Gasteiger partial charge is 0.262 e. The predicted octanol–water partition coefficient (Wildman–Crippen LogP) is 11.3. The number of hydrogen-bond acceptors (Lipinski definition) is 15. The zero-order chi connectivity index (χ0) is 61.1. The molecule has 0 spiro atoms. The number of nitrogens with one attached hydrogen (secondary N) is 2. The normalized spacial score (nSPS) is 18.9. The fraction of sp³-hybridized carbons (Fsp3) is 0.391. The number of nitriles is 1. The van der Waals surface area contributed by atoms with Gasteiger partial charge in [-0.2, -0.15) is 5.26 Å². The molecule has 5 aromatic carbocycles. The highest BCUT2D eigenvalue weighted by molar-refractivity contribution is 6.23.